The number of nitrogens with one attached hydrogen (secondary N) is 1. The van der Waals surface area contributed by atoms with Gasteiger partial charge in [0.2, 0.25) is 5.91 Å². The molecule has 6 heteroatoms. The lowest BCUT2D eigenvalue weighted by molar-refractivity contribution is -0.119. The maximum Gasteiger partial charge on any atom is 0.228 e. The largest absolute Gasteiger partial charge is 0.497 e. The molecule has 4 rings (SSSR count). The lowest BCUT2D eigenvalue weighted by atomic mass is 9.86. The molecule has 32 heavy (non-hydrogen) atoms. The molecule has 0 unspecified atom stereocenters. The van der Waals surface area contributed by atoms with Crippen LogP contribution in [-0.4, -0.2) is 62.7 Å². The lowest BCUT2D eigenvalue weighted by Crippen LogP contribution is -2.41. The Morgan fingerprint density at radius 2 is 1.56 bits per heavy atom. The Morgan fingerprint density at radius 3 is 2.16 bits per heavy atom. The van der Waals surface area contributed by atoms with Crippen LogP contribution in [0, 0.1) is 11.8 Å². The van der Waals surface area contributed by atoms with Gasteiger partial charge < -0.3 is 19.7 Å². The van der Waals surface area contributed by atoms with Crippen molar-refractivity contribution >= 4 is 11.6 Å². The highest BCUT2D eigenvalue weighted by Gasteiger charge is 2.39. The minimum Gasteiger partial charge on any atom is -0.497 e. The molecule has 2 fully saturated rings. The molecule has 0 saturated carbocycles. The molecule has 2 atom stereocenters. The number of benzene rings is 2. The van der Waals surface area contributed by atoms with Crippen LogP contribution in [0.1, 0.15) is 24.8 Å². The van der Waals surface area contributed by atoms with Gasteiger partial charge in [-0.1, -0.05) is 12.1 Å². The van der Waals surface area contributed by atoms with Crippen LogP contribution in [0.2, 0.25) is 0 Å². The average molecular weight is 438 g/mol. The summed E-state index contributed by atoms with van der Waals surface area (Å²) >= 11 is 0. The highest BCUT2D eigenvalue weighted by molar-refractivity contribution is 5.93. The predicted molar refractivity (Wildman–Crippen MR) is 127 cm³/mol. The van der Waals surface area contributed by atoms with Crippen molar-refractivity contribution in [1.82, 2.24) is 9.80 Å². The summed E-state index contributed by atoms with van der Waals surface area (Å²) in [5.74, 6) is 2.53. The highest BCUT2D eigenvalue weighted by Crippen LogP contribution is 2.34. The van der Waals surface area contributed by atoms with Crippen LogP contribution < -0.4 is 14.8 Å². The predicted octanol–water partition coefficient (Wildman–Crippen LogP) is 3.87. The Morgan fingerprint density at radius 1 is 0.969 bits per heavy atom. The van der Waals surface area contributed by atoms with E-state index in [-0.39, 0.29) is 11.8 Å². The molecule has 172 valence electrons. The van der Waals surface area contributed by atoms with Crippen LogP contribution in [0.3, 0.4) is 0 Å². The van der Waals surface area contributed by atoms with E-state index in [0.717, 1.165) is 49.8 Å². The molecule has 2 saturated heterocycles. The van der Waals surface area contributed by atoms with Crippen molar-refractivity contribution in [3.8, 4) is 11.5 Å². The van der Waals surface area contributed by atoms with E-state index in [1.165, 1.54) is 18.4 Å². The quantitative estimate of drug-likeness (QED) is 0.713. The van der Waals surface area contributed by atoms with Gasteiger partial charge in [0, 0.05) is 24.8 Å². The van der Waals surface area contributed by atoms with Crippen molar-refractivity contribution in [2.45, 2.75) is 31.8 Å². The summed E-state index contributed by atoms with van der Waals surface area (Å²) in [5, 5.41) is 3.08. The number of likely N-dealkylation sites (tertiary alicyclic amines) is 2. The fraction of sp³-hybridized carbons (Fsp3) is 0.500. The van der Waals surface area contributed by atoms with E-state index in [1.807, 2.05) is 36.4 Å². The third-order valence-electron chi connectivity index (χ3n) is 7.07. The molecule has 0 aromatic heterocycles. The monoisotopic (exact) mass is 437 g/mol. The van der Waals surface area contributed by atoms with Crippen molar-refractivity contribution in [3.63, 3.8) is 0 Å². The summed E-state index contributed by atoms with van der Waals surface area (Å²) in [4.78, 5) is 17.8. The van der Waals surface area contributed by atoms with Crippen molar-refractivity contribution in [2.75, 3.05) is 46.2 Å². The number of anilines is 1. The third kappa shape index (κ3) is 5.43. The molecule has 2 aromatic carbocycles. The van der Waals surface area contributed by atoms with Crippen molar-refractivity contribution in [2.24, 2.45) is 11.8 Å². The van der Waals surface area contributed by atoms with Crippen LogP contribution >= 0.6 is 0 Å². The molecule has 6 nitrogen and oxygen atoms in total. The molecule has 0 radical (unpaired) electrons. The zero-order chi connectivity index (χ0) is 22.5. The van der Waals surface area contributed by atoms with Gasteiger partial charge in [0.25, 0.3) is 0 Å². The zero-order valence-electron chi connectivity index (χ0n) is 19.4. The van der Waals surface area contributed by atoms with Gasteiger partial charge in [0.15, 0.2) is 0 Å². The molecule has 2 aromatic rings. The van der Waals surface area contributed by atoms with E-state index in [9.17, 15) is 4.79 Å². The summed E-state index contributed by atoms with van der Waals surface area (Å²) < 4.78 is 10.4. The second kappa shape index (κ2) is 10.4. The number of hydrogen-bond donors (Lipinski definition) is 1. The number of amides is 1. The molecular formula is C26H35N3O3. The number of carbonyl (C=O) groups excluding carboxylic acids is 1. The Hall–Kier alpha value is -2.57. The van der Waals surface area contributed by atoms with Gasteiger partial charge in [0.05, 0.1) is 20.1 Å². The first kappa shape index (κ1) is 22.6. The van der Waals surface area contributed by atoms with Crippen LogP contribution in [0.25, 0.3) is 0 Å². The van der Waals surface area contributed by atoms with Crippen LogP contribution in [-0.2, 0) is 11.3 Å². The Bertz CT molecular complexity index is 876. The van der Waals surface area contributed by atoms with E-state index in [2.05, 4.69) is 34.3 Å². The van der Waals surface area contributed by atoms with E-state index < -0.39 is 0 Å². The Labute approximate surface area is 191 Å². The van der Waals surface area contributed by atoms with Gasteiger partial charge in [0.1, 0.15) is 11.5 Å². The summed E-state index contributed by atoms with van der Waals surface area (Å²) in [6.07, 6.45) is 3.33. The van der Waals surface area contributed by atoms with E-state index in [0.29, 0.717) is 12.0 Å². The summed E-state index contributed by atoms with van der Waals surface area (Å²) in [7, 11) is 5.52. The van der Waals surface area contributed by atoms with Crippen molar-refractivity contribution in [1.29, 1.82) is 0 Å². The normalized spacial score (nSPS) is 22.6. The minimum absolute atomic E-state index is 0.0458. The number of ether oxygens (including phenoxy) is 2. The second-order valence-corrected chi connectivity index (χ2v) is 9.12. The minimum atomic E-state index is 0.0458. The fourth-order valence-corrected chi connectivity index (χ4v) is 5.17. The molecule has 2 aliphatic rings. The molecule has 1 amide bonds. The van der Waals surface area contributed by atoms with Crippen LogP contribution in [0.15, 0.2) is 48.5 Å². The molecule has 2 heterocycles. The summed E-state index contributed by atoms with van der Waals surface area (Å²) in [6, 6.07) is 16.4. The van der Waals surface area contributed by atoms with Crippen molar-refractivity contribution in [3.05, 3.63) is 54.1 Å². The van der Waals surface area contributed by atoms with Gasteiger partial charge in [-0.3, -0.25) is 9.69 Å². The van der Waals surface area contributed by atoms with Gasteiger partial charge in [-0.2, -0.15) is 0 Å². The highest BCUT2D eigenvalue weighted by atomic mass is 16.5. The van der Waals surface area contributed by atoms with Crippen molar-refractivity contribution < 1.29 is 14.3 Å². The molecule has 0 aliphatic carbocycles. The molecule has 0 spiro atoms. The lowest BCUT2D eigenvalue weighted by Gasteiger charge is -2.37. The number of nitrogens with zero attached hydrogens (tertiary/aromatic N) is 2. The Kier molecular flexibility index (Phi) is 7.33. The SMILES string of the molecule is COc1ccc(CN2CCC([C@@H]3C[C@H](C(=O)Nc4ccc(OC)cc4)CN3C)CC2)cc1. The number of piperidine rings is 1. The number of carbonyl (C=O) groups is 1. The standard InChI is InChI=1S/C26H35N3O3/c1-28-18-21(26(30)27-22-6-10-24(32-3)11-7-22)16-25(28)20-12-14-29(15-13-20)17-19-4-8-23(31-2)9-5-19/h4-11,20-21,25H,12-18H2,1-3H3,(H,27,30)/t21-,25-/m0/s1. The zero-order valence-corrected chi connectivity index (χ0v) is 19.4. The topological polar surface area (TPSA) is 54.0 Å². The van der Waals surface area contributed by atoms with Gasteiger partial charge in [-0.05, 0) is 87.3 Å². The van der Waals surface area contributed by atoms with Crippen LogP contribution in [0.4, 0.5) is 5.69 Å². The second-order valence-electron chi connectivity index (χ2n) is 9.12. The van der Waals surface area contributed by atoms with E-state index >= 15 is 0 Å². The van der Waals surface area contributed by atoms with Crippen LogP contribution in [0.5, 0.6) is 11.5 Å². The summed E-state index contributed by atoms with van der Waals surface area (Å²) in [6.45, 7) is 4.05. The first-order valence-corrected chi connectivity index (χ1v) is 11.6. The average Bonchev–Trinajstić information content (AvgIpc) is 3.22. The number of methoxy groups -OCH3 is 2. The molecule has 0 bridgehead atoms. The first-order valence-electron chi connectivity index (χ1n) is 11.6. The number of rotatable bonds is 7. The maximum absolute atomic E-state index is 12.9. The molecule has 2 aliphatic heterocycles. The fourth-order valence-electron chi connectivity index (χ4n) is 5.17. The first-order chi connectivity index (χ1) is 15.6. The summed E-state index contributed by atoms with van der Waals surface area (Å²) in [5.41, 5.74) is 2.16. The van der Waals surface area contributed by atoms with Gasteiger partial charge in [-0.15, -0.1) is 0 Å². The van der Waals surface area contributed by atoms with E-state index in [4.69, 9.17) is 9.47 Å². The third-order valence-corrected chi connectivity index (χ3v) is 7.07. The Balaban J connectivity index is 1.26. The molecular weight excluding hydrogens is 402 g/mol. The van der Waals surface area contributed by atoms with E-state index in [1.54, 1.807) is 14.2 Å². The number of hydrogen-bond acceptors (Lipinski definition) is 5. The maximum atomic E-state index is 12.9. The van der Waals surface area contributed by atoms with Gasteiger partial charge >= 0.3 is 0 Å². The smallest absolute Gasteiger partial charge is 0.228 e. The molecule has 1 N–H and O–H groups in total. The van der Waals surface area contributed by atoms with Gasteiger partial charge in [-0.25, -0.2) is 0 Å².